The average molecular weight is 327 g/mol. The van der Waals surface area contributed by atoms with Crippen LogP contribution in [0.15, 0.2) is 36.4 Å². The van der Waals surface area contributed by atoms with Crippen molar-refractivity contribution >= 4 is 15.9 Å². The van der Waals surface area contributed by atoms with Crippen LogP contribution >= 0.6 is 15.9 Å². The quantitative estimate of drug-likeness (QED) is 0.737. The minimum absolute atomic E-state index is 0.215. The number of aryl methyl sites for hydroxylation is 1. The first-order chi connectivity index (χ1) is 9.11. The molecule has 4 heteroatoms. The van der Waals surface area contributed by atoms with Crippen molar-refractivity contribution in [3.05, 3.63) is 64.7 Å². The lowest BCUT2D eigenvalue weighted by molar-refractivity contribution is 0.287. The number of para-hydroxylation sites is 1. The van der Waals surface area contributed by atoms with E-state index in [2.05, 4.69) is 15.9 Å². The summed E-state index contributed by atoms with van der Waals surface area (Å²) < 4.78 is 32.2. The van der Waals surface area contributed by atoms with Crippen LogP contribution in [0.5, 0.6) is 5.75 Å². The van der Waals surface area contributed by atoms with Gasteiger partial charge in [-0.2, -0.15) is 0 Å². The molecular formula is C15H13BrF2O. The molecule has 0 aliphatic rings. The topological polar surface area (TPSA) is 9.23 Å². The van der Waals surface area contributed by atoms with Gasteiger partial charge >= 0.3 is 0 Å². The van der Waals surface area contributed by atoms with E-state index in [1.807, 2.05) is 0 Å². The first-order valence-corrected chi connectivity index (χ1v) is 6.95. The van der Waals surface area contributed by atoms with E-state index in [1.54, 1.807) is 25.1 Å². The fourth-order valence-electron chi connectivity index (χ4n) is 1.79. The van der Waals surface area contributed by atoms with Crippen molar-refractivity contribution in [1.29, 1.82) is 0 Å². The van der Waals surface area contributed by atoms with E-state index in [9.17, 15) is 8.78 Å². The molecule has 0 aliphatic carbocycles. The molecule has 19 heavy (non-hydrogen) atoms. The SMILES string of the molecule is Cc1cc(F)ccc1COc1c(F)cccc1CBr. The van der Waals surface area contributed by atoms with Crippen LogP contribution in [0.25, 0.3) is 0 Å². The van der Waals surface area contributed by atoms with Crippen LogP contribution in [0.2, 0.25) is 0 Å². The molecule has 0 fully saturated rings. The van der Waals surface area contributed by atoms with Crippen LogP contribution in [0.4, 0.5) is 8.78 Å². The van der Waals surface area contributed by atoms with Crippen molar-refractivity contribution in [1.82, 2.24) is 0 Å². The minimum atomic E-state index is -0.392. The van der Waals surface area contributed by atoms with Crippen LogP contribution in [0, 0.1) is 18.6 Å². The van der Waals surface area contributed by atoms with Crippen molar-refractivity contribution in [2.24, 2.45) is 0 Å². The molecular weight excluding hydrogens is 314 g/mol. The van der Waals surface area contributed by atoms with Gasteiger partial charge in [0.2, 0.25) is 0 Å². The predicted molar refractivity (Wildman–Crippen MR) is 74.5 cm³/mol. The molecule has 0 unspecified atom stereocenters. The Morgan fingerprint density at radius 2 is 1.89 bits per heavy atom. The lowest BCUT2D eigenvalue weighted by atomic mass is 10.1. The highest BCUT2D eigenvalue weighted by atomic mass is 79.9. The van der Waals surface area contributed by atoms with Gasteiger partial charge in [-0.15, -0.1) is 0 Å². The van der Waals surface area contributed by atoms with Gasteiger partial charge in [0.1, 0.15) is 12.4 Å². The molecule has 0 N–H and O–H groups in total. The zero-order valence-electron chi connectivity index (χ0n) is 10.4. The van der Waals surface area contributed by atoms with Gasteiger partial charge in [-0.25, -0.2) is 8.78 Å². The first-order valence-electron chi connectivity index (χ1n) is 5.83. The number of ether oxygens (including phenoxy) is 1. The Morgan fingerprint density at radius 1 is 1.11 bits per heavy atom. The molecule has 2 rings (SSSR count). The Labute approximate surface area is 119 Å². The van der Waals surface area contributed by atoms with Gasteiger partial charge in [0.15, 0.2) is 11.6 Å². The Balaban J connectivity index is 2.19. The van der Waals surface area contributed by atoms with E-state index in [-0.39, 0.29) is 18.2 Å². The number of hydrogen-bond acceptors (Lipinski definition) is 1. The molecule has 0 aliphatic heterocycles. The maximum Gasteiger partial charge on any atom is 0.165 e. The summed E-state index contributed by atoms with van der Waals surface area (Å²) >= 11 is 3.30. The van der Waals surface area contributed by atoms with Crippen LogP contribution in [0.1, 0.15) is 16.7 Å². The Morgan fingerprint density at radius 3 is 2.58 bits per heavy atom. The van der Waals surface area contributed by atoms with E-state index in [1.165, 1.54) is 18.2 Å². The highest BCUT2D eigenvalue weighted by molar-refractivity contribution is 9.08. The molecule has 0 heterocycles. The van der Waals surface area contributed by atoms with E-state index in [4.69, 9.17) is 4.74 Å². The standard InChI is InChI=1S/C15H13BrF2O/c1-10-7-13(17)6-5-12(10)9-19-15-11(8-16)3-2-4-14(15)18/h2-7H,8-9H2,1H3. The number of hydrogen-bond donors (Lipinski definition) is 0. The molecule has 0 bridgehead atoms. The highest BCUT2D eigenvalue weighted by Crippen LogP contribution is 2.26. The second-order valence-electron chi connectivity index (χ2n) is 4.22. The summed E-state index contributed by atoms with van der Waals surface area (Å²) in [4.78, 5) is 0. The second kappa shape index (κ2) is 6.15. The molecule has 2 aromatic rings. The zero-order chi connectivity index (χ0) is 13.8. The Bertz CT molecular complexity index is 584. The molecule has 0 saturated carbocycles. The van der Waals surface area contributed by atoms with Gasteiger partial charge in [-0.3, -0.25) is 0 Å². The van der Waals surface area contributed by atoms with Gasteiger partial charge in [0.25, 0.3) is 0 Å². The molecule has 1 nitrogen and oxygen atoms in total. The molecule has 0 amide bonds. The molecule has 0 radical (unpaired) electrons. The normalized spacial score (nSPS) is 10.5. The lowest BCUT2D eigenvalue weighted by Gasteiger charge is -2.12. The van der Waals surface area contributed by atoms with Gasteiger partial charge in [0, 0.05) is 10.9 Å². The third kappa shape index (κ3) is 3.32. The van der Waals surface area contributed by atoms with Crippen LogP contribution < -0.4 is 4.74 Å². The summed E-state index contributed by atoms with van der Waals surface area (Å²) in [6, 6.07) is 9.26. The summed E-state index contributed by atoms with van der Waals surface area (Å²) in [6.07, 6.45) is 0. The number of rotatable bonds is 4. The van der Waals surface area contributed by atoms with E-state index < -0.39 is 5.82 Å². The van der Waals surface area contributed by atoms with Crippen molar-refractivity contribution < 1.29 is 13.5 Å². The van der Waals surface area contributed by atoms with Gasteiger partial charge in [0.05, 0.1) is 0 Å². The molecule has 0 atom stereocenters. The second-order valence-corrected chi connectivity index (χ2v) is 4.78. The summed E-state index contributed by atoms with van der Waals surface area (Å²) in [5.41, 5.74) is 2.38. The summed E-state index contributed by atoms with van der Waals surface area (Å²) in [5, 5.41) is 0.516. The molecule has 0 saturated heterocycles. The largest absolute Gasteiger partial charge is 0.486 e. The maximum absolute atomic E-state index is 13.7. The predicted octanol–water partition coefficient (Wildman–Crippen LogP) is 4.75. The third-order valence-corrected chi connectivity index (χ3v) is 3.47. The lowest BCUT2D eigenvalue weighted by Crippen LogP contribution is -2.02. The van der Waals surface area contributed by atoms with Crippen molar-refractivity contribution in [2.45, 2.75) is 18.9 Å². The van der Waals surface area contributed by atoms with Gasteiger partial charge in [-0.05, 0) is 36.2 Å². The summed E-state index contributed by atoms with van der Waals surface area (Å²) in [5.74, 6) is -0.437. The number of alkyl halides is 1. The number of halogens is 3. The molecule has 100 valence electrons. The third-order valence-electron chi connectivity index (χ3n) is 2.87. The Kier molecular flexibility index (Phi) is 4.53. The van der Waals surface area contributed by atoms with Crippen LogP contribution in [0.3, 0.4) is 0 Å². The van der Waals surface area contributed by atoms with E-state index in [0.717, 1.165) is 16.7 Å². The molecule has 0 aromatic heterocycles. The zero-order valence-corrected chi connectivity index (χ0v) is 12.0. The number of benzene rings is 2. The monoisotopic (exact) mass is 326 g/mol. The first kappa shape index (κ1) is 14.0. The summed E-state index contributed by atoms with van der Waals surface area (Å²) in [7, 11) is 0. The van der Waals surface area contributed by atoms with Gasteiger partial charge in [-0.1, -0.05) is 34.1 Å². The fourth-order valence-corrected chi connectivity index (χ4v) is 2.23. The fraction of sp³-hybridized carbons (Fsp3) is 0.200. The van der Waals surface area contributed by atoms with Crippen LogP contribution in [-0.4, -0.2) is 0 Å². The van der Waals surface area contributed by atoms with E-state index in [0.29, 0.717) is 5.33 Å². The maximum atomic E-state index is 13.7. The average Bonchev–Trinajstić information content (AvgIpc) is 2.39. The van der Waals surface area contributed by atoms with Crippen molar-refractivity contribution in [3.8, 4) is 5.75 Å². The highest BCUT2D eigenvalue weighted by Gasteiger charge is 2.10. The minimum Gasteiger partial charge on any atom is -0.486 e. The molecule has 0 spiro atoms. The Hall–Kier alpha value is -1.42. The van der Waals surface area contributed by atoms with Crippen molar-refractivity contribution in [3.63, 3.8) is 0 Å². The molecule has 2 aromatic carbocycles. The smallest absolute Gasteiger partial charge is 0.165 e. The summed E-state index contributed by atoms with van der Waals surface area (Å²) in [6.45, 7) is 2.02. The van der Waals surface area contributed by atoms with Gasteiger partial charge < -0.3 is 4.74 Å². The van der Waals surface area contributed by atoms with Crippen molar-refractivity contribution in [2.75, 3.05) is 0 Å². The van der Waals surface area contributed by atoms with Crippen LogP contribution in [-0.2, 0) is 11.9 Å². The van der Waals surface area contributed by atoms with E-state index >= 15 is 0 Å².